The van der Waals surface area contributed by atoms with Crippen LogP contribution in [0.2, 0.25) is 0 Å². The molecule has 14 heteroatoms. The Balaban J connectivity index is 0.826. The molecule has 0 aromatic rings. The first-order valence-electron chi connectivity index (χ1n) is 20.7. The van der Waals surface area contributed by atoms with Crippen molar-refractivity contribution < 1.29 is 67.4 Å². The number of fused-ring (bicyclic) bond motifs is 3. The Morgan fingerprint density at radius 1 is 0.782 bits per heavy atom. The van der Waals surface area contributed by atoms with Gasteiger partial charge in [-0.3, -0.25) is 0 Å². The van der Waals surface area contributed by atoms with Gasteiger partial charge in [0.1, 0.15) is 42.4 Å². The normalized spacial score (nSPS) is 54.6. The Labute approximate surface area is 324 Å². The number of hydrogen-bond acceptors (Lipinski definition) is 14. The quantitative estimate of drug-likeness (QED) is 0.308. The lowest BCUT2D eigenvalue weighted by atomic mass is 9.52. The second-order valence-corrected chi connectivity index (χ2v) is 18.2. The van der Waals surface area contributed by atoms with Gasteiger partial charge in [0, 0.05) is 27.1 Å². The van der Waals surface area contributed by atoms with E-state index in [4.69, 9.17) is 52.1 Å². The van der Waals surface area contributed by atoms with E-state index in [1.54, 1.807) is 21.1 Å². The third kappa shape index (κ3) is 6.31. The van der Waals surface area contributed by atoms with Crippen LogP contribution in [0.3, 0.4) is 0 Å². The van der Waals surface area contributed by atoms with E-state index < -0.39 is 85.7 Å². The van der Waals surface area contributed by atoms with Crippen LogP contribution >= 0.6 is 0 Å². The van der Waals surface area contributed by atoms with Crippen molar-refractivity contribution in [1.29, 1.82) is 0 Å². The topological polar surface area (TPSA) is 162 Å². The summed E-state index contributed by atoms with van der Waals surface area (Å²) in [6.07, 6.45) is -0.462. The molecule has 3 aliphatic carbocycles. The molecule has 1 saturated carbocycles. The van der Waals surface area contributed by atoms with Crippen molar-refractivity contribution in [3.05, 3.63) is 23.0 Å². The van der Waals surface area contributed by atoms with Crippen molar-refractivity contribution in [3.63, 3.8) is 0 Å². The van der Waals surface area contributed by atoms with Crippen molar-refractivity contribution >= 4 is 0 Å². The van der Waals surface area contributed by atoms with Crippen molar-refractivity contribution in [2.24, 2.45) is 22.7 Å². The van der Waals surface area contributed by atoms with Gasteiger partial charge in [0.05, 0.1) is 61.2 Å². The second-order valence-electron chi connectivity index (χ2n) is 18.2. The lowest BCUT2D eigenvalue weighted by Gasteiger charge is -2.52. The highest BCUT2D eigenvalue weighted by molar-refractivity contribution is 5.40. The Hall–Kier alpha value is -1.24. The monoisotopic (exact) mass is 778 g/mol. The third-order valence-corrected chi connectivity index (χ3v) is 15.1. The number of rotatable bonds is 8. The van der Waals surface area contributed by atoms with Gasteiger partial charge in [-0.25, -0.2) is 0 Å². The van der Waals surface area contributed by atoms with E-state index in [1.165, 1.54) is 16.9 Å². The van der Waals surface area contributed by atoms with E-state index in [9.17, 15) is 15.3 Å². The molecule has 0 amide bonds. The summed E-state index contributed by atoms with van der Waals surface area (Å²) < 4.78 is 68.7. The van der Waals surface area contributed by atoms with Gasteiger partial charge in [-0.1, -0.05) is 18.6 Å². The molecule has 1 spiro atoms. The van der Waals surface area contributed by atoms with E-state index in [2.05, 4.69) is 19.9 Å². The SMILES string of the molecule is CO[C@@H]1[C@@H](O)[C@H](O[C@H]2CC[C@@]3(C)C(=CCC4=C5O[C@@H]6CO[C@]7(C)OC[C@@]5(CCC43)[C@H]67)C2)O[C@H](C)[C@H]1O[C@H]1C[C@H](OC)[C@H](O[C@@H]2C[C@@H](O)[C@@H](O)[C@H](C)O2)[C@@H](C)O1. The lowest BCUT2D eigenvalue weighted by molar-refractivity contribution is -0.353. The summed E-state index contributed by atoms with van der Waals surface area (Å²) in [5.41, 5.74) is 2.88. The molecule has 1 unspecified atom stereocenters. The van der Waals surface area contributed by atoms with E-state index in [0.29, 0.717) is 25.6 Å². The number of aliphatic hydroxyl groups is 3. The van der Waals surface area contributed by atoms with Crippen LogP contribution in [-0.2, 0) is 52.1 Å². The van der Waals surface area contributed by atoms with E-state index in [1.807, 2.05) is 13.8 Å². The van der Waals surface area contributed by atoms with Gasteiger partial charge in [-0.15, -0.1) is 0 Å². The maximum atomic E-state index is 11.6. The Morgan fingerprint density at radius 2 is 1.53 bits per heavy atom. The highest BCUT2D eigenvalue weighted by Crippen LogP contribution is 2.68. The molecule has 0 aromatic heterocycles. The van der Waals surface area contributed by atoms with E-state index in [-0.39, 0.29) is 35.4 Å². The minimum absolute atomic E-state index is 0.0303. The lowest BCUT2D eigenvalue weighted by Crippen LogP contribution is -2.61. The first-order valence-corrected chi connectivity index (χ1v) is 20.7. The molecule has 7 fully saturated rings. The highest BCUT2D eigenvalue weighted by atomic mass is 16.8. The summed E-state index contributed by atoms with van der Waals surface area (Å²) in [6, 6.07) is 0. The second kappa shape index (κ2) is 14.5. The smallest absolute Gasteiger partial charge is 0.186 e. The van der Waals surface area contributed by atoms with Gasteiger partial charge in [-0.05, 0) is 83.1 Å². The summed E-state index contributed by atoms with van der Waals surface area (Å²) in [6.45, 7) is 11.3. The van der Waals surface area contributed by atoms with Gasteiger partial charge in [0.2, 0.25) is 0 Å². The van der Waals surface area contributed by atoms with Crippen molar-refractivity contribution in [1.82, 2.24) is 0 Å². The molecule has 3 N–H and O–H groups in total. The van der Waals surface area contributed by atoms with Crippen molar-refractivity contribution in [3.8, 4) is 0 Å². The molecule has 14 nitrogen and oxygen atoms in total. The average molecular weight is 779 g/mol. The maximum Gasteiger partial charge on any atom is 0.186 e. The van der Waals surface area contributed by atoms with Crippen LogP contribution in [0.15, 0.2) is 23.0 Å². The third-order valence-electron chi connectivity index (χ3n) is 15.1. The molecule has 6 heterocycles. The standard InChI is InChI=1S/C41H62O14/c1-19-31(43)26(42)15-29(49-19)54-33-20(2)50-30(16-27(33)45-6)55-34-21(3)51-38(32(44)35(34)46-7)52-23-10-12-39(4)22(14-23)8-9-24-25(39)11-13-41-18-48-40(5)36(41)28(17-47-40)53-37(24)41/h8,19-21,23,25-36,38,42-44H,9-18H2,1-7H3/t19-,20+,21+,23-,25?,26+,27-,28+,29+,30-,31-,32+,33+,34+,35+,36+,38-,39-,40+,41-/m0/s1. The molecule has 0 bridgehead atoms. The summed E-state index contributed by atoms with van der Waals surface area (Å²) in [5, 5.41) is 32.0. The predicted octanol–water partition coefficient (Wildman–Crippen LogP) is 3.23. The largest absolute Gasteiger partial charge is 0.491 e. The van der Waals surface area contributed by atoms with Crippen LogP contribution in [0, 0.1) is 22.7 Å². The van der Waals surface area contributed by atoms with Crippen LogP contribution < -0.4 is 0 Å². The Morgan fingerprint density at radius 3 is 2.29 bits per heavy atom. The molecule has 0 aromatic carbocycles. The van der Waals surface area contributed by atoms with E-state index in [0.717, 1.165) is 38.5 Å². The van der Waals surface area contributed by atoms with Crippen LogP contribution in [0.5, 0.6) is 0 Å². The number of ether oxygens (including phenoxy) is 11. The molecular weight excluding hydrogens is 716 g/mol. The van der Waals surface area contributed by atoms with Crippen molar-refractivity contribution in [2.75, 3.05) is 27.4 Å². The molecule has 6 aliphatic heterocycles. The number of aliphatic hydroxyl groups excluding tert-OH is 3. The summed E-state index contributed by atoms with van der Waals surface area (Å²) in [7, 11) is 3.17. The molecule has 55 heavy (non-hydrogen) atoms. The molecule has 20 atom stereocenters. The van der Waals surface area contributed by atoms with Crippen LogP contribution in [0.4, 0.5) is 0 Å². The molecule has 310 valence electrons. The predicted molar refractivity (Wildman–Crippen MR) is 192 cm³/mol. The van der Waals surface area contributed by atoms with Gasteiger partial charge in [0.25, 0.3) is 0 Å². The highest BCUT2D eigenvalue weighted by Gasteiger charge is 2.72. The first kappa shape index (κ1) is 39.2. The number of allylic oxidation sites excluding steroid dienone is 2. The summed E-state index contributed by atoms with van der Waals surface area (Å²) >= 11 is 0. The summed E-state index contributed by atoms with van der Waals surface area (Å²) in [5.74, 6) is 1.37. The Bertz CT molecular complexity index is 1490. The maximum absolute atomic E-state index is 11.6. The molecule has 9 aliphatic rings. The zero-order valence-corrected chi connectivity index (χ0v) is 33.3. The minimum atomic E-state index is -1.09. The zero-order chi connectivity index (χ0) is 38.6. The molecule has 9 rings (SSSR count). The summed E-state index contributed by atoms with van der Waals surface area (Å²) in [4.78, 5) is 0. The molecule has 0 radical (unpaired) electrons. The Kier molecular flexibility index (Phi) is 10.3. The number of methoxy groups -OCH3 is 2. The molecule has 6 saturated heterocycles. The number of hydrogen-bond donors (Lipinski definition) is 3. The average Bonchev–Trinajstić information content (AvgIpc) is 3.79. The van der Waals surface area contributed by atoms with Crippen LogP contribution in [0.25, 0.3) is 0 Å². The fraction of sp³-hybridized carbons (Fsp3) is 0.902. The molecular formula is C41H62O14. The fourth-order valence-electron chi connectivity index (χ4n) is 12.1. The van der Waals surface area contributed by atoms with Crippen LogP contribution in [-0.4, -0.2) is 141 Å². The fourth-order valence-corrected chi connectivity index (χ4v) is 12.1. The van der Waals surface area contributed by atoms with Gasteiger partial charge in [-0.2, -0.15) is 0 Å². The van der Waals surface area contributed by atoms with Crippen molar-refractivity contribution in [2.45, 2.75) is 184 Å². The van der Waals surface area contributed by atoms with Crippen LogP contribution in [0.1, 0.15) is 86.0 Å². The first-order chi connectivity index (χ1) is 26.3. The van der Waals surface area contributed by atoms with Gasteiger partial charge in [0.15, 0.2) is 24.7 Å². The van der Waals surface area contributed by atoms with E-state index >= 15 is 0 Å². The van der Waals surface area contributed by atoms with Gasteiger partial charge < -0.3 is 67.4 Å². The minimum Gasteiger partial charge on any atom is -0.491 e. The zero-order valence-electron chi connectivity index (χ0n) is 33.3. The van der Waals surface area contributed by atoms with Gasteiger partial charge >= 0.3 is 0 Å².